The minimum Gasteiger partial charge on any atom is -0.309 e. The fraction of sp³-hybridized carbons (Fsp3) is 0.684. The van der Waals surface area contributed by atoms with Crippen LogP contribution in [-0.4, -0.2) is 6.04 Å². The molecule has 2 aliphatic rings. The van der Waals surface area contributed by atoms with Gasteiger partial charge in [-0.05, 0) is 53.6 Å². The van der Waals surface area contributed by atoms with Crippen LogP contribution in [0.3, 0.4) is 0 Å². The quantitative estimate of drug-likeness (QED) is 0.847. The zero-order valence-electron chi connectivity index (χ0n) is 13.5. The summed E-state index contributed by atoms with van der Waals surface area (Å²) in [5, 5.41) is 3.93. The third kappa shape index (κ3) is 2.11. The lowest BCUT2D eigenvalue weighted by molar-refractivity contribution is 0.108. The van der Waals surface area contributed by atoms with E-state index in [-0.39, 0.29) is 0 Å². The van der Waals surface area contributed by atoms with Crippen LogP contribution in [0.25, 0.3) is 0 Å². The Bertz CT molecular complexity index is 486. The van der Waals surface area contributed by atoms with Crippen molar-refractivity contribution >= 4 is 0 Å². The van der Waals surface area contributed by atoms with Crippen LogP contribution in [0.5, 0.6) is 0 Å². The Kier molecular flexibility index (Phi) is 3.44. The highest BCUT2D eigenvalue weighted by atomic mass is 15.0. The van der Waals surface area contributed by atoms with Crippen LogP contribution in [-0.2, 0) is 13.0 Å². The van der Waals surface area contributed by atoms with Crippen LogP contribution >= 0.6 is 0 Å². The fourth-order valence-electron chi connectivity index (χ4n) is 5.10. The van der Waals surface area contributed by atoms with Crippen LogP contribution in [0.2, 0.25) is 0 Å². The van der Waals surface area contributed by atoms with E-state index in [4.69, 9.17) is 0 Å². The van der Waals surface area contributed by atoms with Crippen LogP contribution in [0.1, 0.15) is 58.1 Å². The Morgan fingerprint density at radius 1 is 1.15 bits per heavy atom. The summed E-state index contributed by atoms with van der Waals surface area (Å²) in [7, 11) is 0. The predicted octanol–water partition coefficient (Wildman–Crippen LogP) is 4.55. The minimum atomic E-state index is 0.453. The first-order valence-electron chi connectivity index (χ1n) is 8.27. The Labute approximate surface area is 124 Å². The van der Waals surface area contributed by atoms with Crippen LogP contribution < -0.4 is 5.32 Å². The van der Waals surface area contributed by atoms with Gasteiger partial charge >= 0.3 is 0 Å². The standard InChI is InChI=1S/C19H29N/c1-5-14-8-6-7-9-15(14)13-20-17-18(2,3)16-10-11-19(17,4)12-16/h6-9,16-17,20H,5,10-13H2,1-4H3. The van der Waals surface area contributed by atoms with Crippen molar-refractivity contribution in [3.8, 4) is 0 Å². The molecule has 0 aromatic heterocycles. The zero-order valence-corrected chi connectivity index (χ0v) is 13.5. The summed E-state index contributed by atoms with van der Waals surface area (Å²) >= 11 is 0. The highest BCUT2D eigenvalue weighted by Gasteiger charge is 2.58. The molecule has 2 fully saturated rings. The normalized spacial score (nSPS) is 34.6. The van der Waals surface area contributed by atoms with E-state index in [2.05, 4.69) is 57.3 Å². The van der Waals surface area contributed by atoms with Crippen molar-refractivity contribution in [2.75, 3.05) is 0 Å². The smallest absolute Gasteiger partial charge is 0.0211 e. The summed E-state index contributed by atoms with van der Waals surface area (Å²) in [4.78, 5) is 0. The molecule has 1 aromatic rings. The number of rotatable bonds is 4. The SMILES string of the molecule is CCc1ccccc1CNC1C2(C)CCC(C2)C1(C)C. The predicted molar refractivity (Wildman–Crippen MR) is 85.7 cm³/mol. The van der Waals surface area contributed by atoms with Crippen molar-refractivity contribution in [3.05, 3.63) is 35.4 Å². The average molecular weight is 271 g/mol. The van der Waals surface area contributed by atoms with E-state index < -0.39 is 0 Å². The second-order valence-corrected chi connectivity index (χ2v) is 7.85. The van der Waals surface area contributed by atoms with Gasteiger partial charge in [-0.25, -0.2) is 0 Å². The van der Waals surface area contributed by atoms with E-state index in [0.29, 0.717) is 16.9 Å². The van der Waals surface area contributed by atoms with E-state index in [9.17, 15) is 0 Å². The molecule has 2 aliphatic carbocycles. The summed E-state index contributed by atoms with van der Waals surface area (Å²) in [6.07, 6.45) is 5.40. The third-order valence-corrected chi connectivity index (χ3v) is 6.27. The third-order valence-electron chi connectivity index (χ3n) is 6.27. The fourth-order valence-corrected chi connectivity index (χ4v) is 5.10. The van der Waals surface area contributed by atoms with Crippen molar-refractivity contribution in [2.45, 2.75) is 66.0 Å². The molecule has 0 radical (unpaired) electrons. The lowest BCUT2D eigenvalue weighted by atomic mass is 9.68. The van der Waals surface area contributed by atoms with Gasteiger partial charge < -0.3 is 5.32 Å². The molecule has 0 amide bonds. The highest BCUT2D eigenvalue weighted by molar-refractivity contribution is 5.27. The zero-order chi connectivity index (χ0) is 14.4. The molecule has 1 nitrogen and oxygen atoms in total. The first kappa shape index (κ1) is 14.1. The number of nitrogens with one attached hydrogen (secondary N) is 1. The topological polar surface area (TPSA) is 12.0 Å². The number of aryl methyl sites for hydroxylation is 1. The average Bonchev–Trinajstić information content (AvgIpc) is 2.90. The summed E-state index contributed by atoms with van der Waals surface area (Å²) in [5.74, 6) is 0.923. The molecule has 2 bridgehead atoms. The van der Waals surface area contributed by atoms with E-state index in [0.717, 1.165) is 18.9 Å². The number of hydrogen-bond donors (Lipinski definition) is 1. The molecule has 0 spiro atoms. The van der Waals surface area contributed by atoms with Crippen molar-refractivity contribution in [2.24, 2.45) is 16.7 Å². The lowest BCUT2D eigenvalue weighted by Crippen LogP contribution is -2.50. The second kappa shape index (κ2) is 4.87. The van der Waals surface area contributed by atoms with Crippen molar-refractivity contribution < 1.29 is 0 Å². The summed E-state index contributed by atoms with van der Waals surface area (Å²) < 4.78 is 0. The molecule has 0 aliphatic heterocycles. The molecule has 3 unspecified atom stereocenters. The van der Waals surface area contributed by atoms with E-state index in [1.807, 2.05) is 0 Å². The Balaban J connectivity index is 1.75. The van der Waals surface area contributed by atoms with Gasteiger partial charge in [0.15, 0.2) is 0 Å². The molecule has 1 N–H and O–H groups in total. The molecule has 3 rings (SSSR count). The molecule has 1 aromatic carbocycles. The largest absolute Gasteiger partial charge is 0.309 e. The van der Waals surface area contributed by atoms with Gasteiger partial charge in [-0.3, -0.25) is 0 Å². The summed E-state index contributed by atoms with van der Waals surface area (Å²) in [6, 6.07) is 9.55. The van der Waals surface area contributed by atoms with Gasteiger partial charge in [0.25, 0.3) is 0 Å². The van der Waals surface area contributed by atoms with Crippen LogP contribution in [0, 0.1) is 16.7 Å². The monoisotopic (exact) mass is 271 g/mol. The van der Waals surface area contributed by atoms with E-state index in [1.54, 1.807) is 0 Å². The molecule has 20 heavy (non-hydrogen) atoms. The molecule has 0 heterocycles. The van der Waals surface area contributed by atoms with Gasteiger partial charge in [-0.2, -0.15) is 0 Å². The Morgan fingerprint density at radius 3 is 2.45 bits per heavy atom. The second-order valence-electron chi connectivity index (χ2n) is 7.85. The minimum absolute atomic E-state index is 0.453. The van der Waals surface area contributed by atoms with Gasteiger partial charge in [-0.1, -0.05) is 52.0 Å². The molecule has 3 atom stereocenters. The molecular weight excluding hydrogens is 242 g/mol. The van der Waals surface area contributed by atoms with E-state index >= 15 is 0 Å². The van der Waals surface area contributed by atoms with Gasteiger partial charge in [0.05, 0.1) is 0 Å². The summed E-state index contributed by atoms with van der Waals surface area (Å²) in [6.45, 7) is 10.7. The molecular formula is C19H29N. The van der Waals surface area contributed by atoms with Gasteiger partial charge in [0, 0.05) is 12.6 Å². The number of benzene rings is 1. The Morgan fingerprint density at radius 2 is 1.85 bits per heavy atom. The maximum atomic E-state index is 3.93. The lowest BCUT2D eigenvalue weighted by Gasteiger charge is -2.43. The van der Waals surface area contributed by atoms with Crippen LogP contribution in [0.4, 0.5) is 0 Å². The number of hydrogen-bond acceptors (Lipinski definition) is 1. The van der Waals surface area contributed by atoms with Crippen molar-refractivity contribution in [1.29, 1.82) is 0 Å². The van der Waals surface area contributed by atoms with Gasteiger partial charge in [-0.15, -0.1) is 0 Å². The first-order valence-corrected chi connectivity index (χ1v) is 8.27. The van der Waals surface area contributed by atoms with Crippen LogP contribution in [0.15, 0.2) is 24.3 Å². The highest BCUT2D eigenvalue weighted by Crippen LogP contribution is 2.62. The van der Waals surface area contributed by atoms with Gasteiger partial charge in [0.2, 0.25) is 0 Å². The Hall–Kier alpha value is -0.820. The maximum Gasteiger partial charge on any atom is 0.0211 e. The van der Waals surface area contributed by atoms with Crippen molar-refractivity contribution in [3.63, 3.8) is 0 Å². The first-order chi connectivity index (χ1) is 9.47. The van der Waals surface area contributed by atoms with E-state index in [1.165, 1.54) is 30.4 Å². The maximum absolute atomic E-state index is 3.93. The van der Waals surface area contributed by atoms with Crippen molar-refractivity contribution in [1.82, 2.24) is 5.32 Å². The van der Waals surface area contributed by atoms with Gasteiger partial charge in [0.1, 0.15) is 0 Å². The molecule has 110 valence electrons. The number of fused-ring (bicyclic) bond motifs is 2. The molecule has 0 saturated heterocycles. The molecule has 2 saturated carbocycles. The molecule has 1 heteroatoms. The summed E-state index contributed by atoms with van der Waals surface area (Å²) in [5.41, 5.74) is 3.95.